The Labute approximate surface area is 79.5 Å². The van der Waals surface area contributed by atoms with E-state index in [1.807, 2.05) is 0 Å². The van der Waals surface area contributed by atoms with E-state index < -0.39 is 0 Å². The molecule has 13 heavy (non-hydrogen) atoms. The van der Waals surface area contributed by atoms with Crippen LogP contribution in [0.2, 0.25) is 0 Å². The van der Waals surface area contributed by atoms with E-state index in [1.165, 1.54) is 6.42 Å². The van der Waals surface area contributed by atoms with Crippen LogP contribution in [0.15, 0.2) is 0 Å². The predicted octanol–water partition coefficient (Wildman–Crippen LogP) is 0.374. The van der Waals surface area contributed by atoms with Crippen molar-refractivity contribution in [3.05, 3.63) is 0 Å². The first-order chi connectivity index (χ1) is 6.36. The Bertz CT molecular complexity index is 122. The molecule has 0 aromatic rings. The van der Waals surface area contributed by atoms with Crippen LogP contribution in [0.4, 0.5) is 0 Å². The fraction of sp³-hybridized carbons (Fsp3) is 1.00. The maximum atomic E-state index is 5.61. The molecule has 0 aromatic heterocycles. The van der Waals surface area contributed by atoms with Gasteiger partial charge in [-0.05, 0) is 19.4 Å². The topological polar surface area (TPSA) is 39.7 Å². The minimum atomic E-state index is -0.234. The van der Waals surface area contributed by atoms with E-state index in [0.717, 1.165) is 19.5 Å². The molecule has 0 amide bonds. The molecule has 0 radical (unpaired) electrons. The van der Waals surface area contributed by atoms with E-state index in [4.69, 9.17) is 14.2 Å². The average Bonchev–Trinajstić information content (AvgIpc) is 2.21. The Morgan fingerprint density at radius 1 is 1.38 bits per heavy atom. The first kappa shape index (κ1) is 10.9. The summed E-state index contributed by atoms with van der Waals surface area (Å²) in [5.74, 6) is 0. The summed E-state index contributed by atoms with van der Waals surface area (Å²) in [6.07, 6.45) is 2.41. The van der Waals surface area contributed by atoms with Crippen LogP contribution in [0, 0.1) is 0 Å². The van der Waals surface area contributed by atoms with Crippen LogP contribution < -0.4 is 5.32 Å². The van der Waals surface area contributed by atoms with Gasteiger partial charge in [0.2, 0.25) is 0 Å². The SMILES string of the molecule is COC(COC1CCCNC1)OC. The highest BCUT2D eigenvalue weighted by molar-refractivity contribution is 4.68. The van der Waals surface area contributed by atoms with Gasteiger partial charge in [-0.15, -0.1) is 0 Å². The molecular weight excluding hydrogens is 170 g/mol. The summed E-state index contributed by atoms with van der Waals surface area (Å²) in [7, 11) is 3.24. The Kier molecular flexibility index (Phi) is 5.31. The molecule has 1 unspecified atom stereocenters. The summed E-state index contributed by atoms with van der Waals surface area (Å²) in [5, 5.41) is 3.29. The molecule has 0 saturated carbocycles. The zero-order valence-electron chi connectivity index (χ0n) is 8.41. The van der Waals surface area contributed by atoms with E-state index in [2.05, 4.69) is 5.32 Å². The van der Waals surface area contributed by atoms with Crippen molar-refractivity contribution in [2.75, 3.05) is 33.9 Å². The molecule has 78 valence electrons. The van der Waals surface area contributed by atoms with Crippen LogP contribution in [0.5, 0.6) is 0 Å². The van der Waals surface area contributed by atoms with Crippen LogP contribution in [-0.4, -0.2) is 46.3 Å². The average molecular weight is 189 g/mol. The lowest BCUT2D eigenvalue weighted by molar-refractivity contribution is -0.152. The fourth-order valence-electron chi connectivity index (χ4n) is 1.41. The number of nitrogens with one attached hydrogen (secondary N) is 1. The van der Waals surface area contributed by atoms with E-state index in [1.54, 1.807) is 14.2 Å². The lowest BCUT2D eigenvalue weighted by atomic mass is 10.1. The molecule has 4 nitrogen and oxygen atoms in total. The predicted molar refractivity (Wildman–Crippen MR) is 49.6 cm³/mol. The highest BCUT2D eigenvalue weighted by Gasteiger charge is 2.15. The third-order valence-electron chi connectivity index (χ3n) is 2.25. The quantitative estimate of drug-likeness (QED) is 0.634. The summed E-state index contributed by atoms with van der Waals surface area (Å²) >= 11 is 0. The van der Waals surface area contributed by atoms with Gasteiger partial charge in [0.15, 0.2) is 6.29 Å². The van der Waals surface area contributed by atoms with Gasteiger partial charge in [-0.1, -0.05) is 0 Å². The summed E-state index contributed by atoms with van der Waals surface area (Å²) < 4.78 is 15.7. The number of rotatable bonds is 5. The second kappa shape index (κ2) is 6.32. The van der Waals surface area contributed by atoms with Crippen LogP contribution >= 0.6 is 0 Å². The van der Waals surface area contributed by atoms with Gasteiger partial charge in [0, 0.05) is 20.8 Å². The molecule has 0 spiro atoms. The molecule has 0 aromatic carbocycles. The van der Waals surface area contributed by atoms with E-state index >= 15 is 0 Å². The van der Waals surface area contributed by atoms with E-state index in [0.29, 0.717) is 12.7 Å². The molecule has 1 fully saturated rings. The number of methoxy groups -OCH3 is 2. The van der Waals surface area contributed by atoms with Gasteiger partial charge in [-0.3, -0.25) is 0 Å². The second-order valence-electron chi connectivity index (χ2n) is 3.20. The van der Waals surface area contributed by atoms with E-state index in [-0.39, 0.29) is 6.29 Å². The van der Waals surface area contributed by atoms with Crippen molar-refractivity contribution in [3.63, 3.8) is 0 Å². The Morgan fingerprint density at radius 2 is 2.15 bits per heavy atom. The molecule has 1 rings (SSSR count). The van der Waals surface area contributed by atoms with Gasteiger partial charge in [0.25, 0.3) is 0 Å². The smallest absolute Gasteiger partial charge is 0.180 e. The van der Waals surface area contributed by atoms with Gasteiger partial charge < -0.3 is 19.5 Å². The molecule has 4 heteroatoms. The zero-order valence-corrected chi connectivity index (χ0v) is 8.41. The minimum absolute atomic E-state index is 0.234. The zero-order chi connectivity index (χ0) is 9.52. The molecular formula is C9H19NO3. The van der Waals surface area contributed by atoms with Gasteiger partial charge in [0.1, 0.15) is 0 Å². The first-order valence-corrected chi connectivity index (χ1v) is 4.74. The van der Waals surface area contributed by atoms with Crippen LogP contribution in [0.3, 0.4) is 0 Å². The molecule has 1 N–H and O–H groups in total. The summed E-state index contributed by atoms with van der Waals surface area (Å²) in [6.45, 7) is 2.57. The molecule has 0 bridgehead atoms. The molecule has 1 heterocycles. The largest absolute Gasteiger partial charge is 0.372 e. The third kappa shape index (κ3) is 4.04. The van der Waals surface area contributed by atoms with Crippen LogP contribution in [0.25, 0.3) is 0 Å². The number of ether oxygens (including phenoxy) is 3. The highest BCUT2D eigenvalue weighted by Crippen LogP contribution is 2.06. The van der Waals surface area contributed by atoms with Gasteiger partial charge in [0.05, 0.1) is 12.7 Å². The maximum Gasteiger partial charge on any atom is 0.180 e. The lowest BCUT2D eigenvalue weighted by Crippen LogP contribution is -2.37. The number of piperidine rings is 1. The third-order valence-corrected chi connectivity index (χ3v) is 2.25. The van der Waals surface area contributed by atoms with Crippen LogP contribution in [0.1, 0.15) is 12.8 Å². The Hall–Kier alpha value is -0.160. The summed E-state index contributed by atoms with van der Waals surface area (Å²) in [5.41, 5.74) is 0. The number of hydrogen-bond acceptors (Lipinski definition) is 4. The fourth-order valence-corrected chi connectivity index (χ4v) is 1.41. The normalized spacial score (nSPS) is 23.8. The first-order valence-electron chi connectivity index (χ1n) is 4.74. The maximum absolute atomic E-state index is 5.61. The van der Waals surface area contributed by atoms with Crippen molar-refractivity contribution in [1.29, 1.82) is 0 Å². The summed E-state index contributed by atoms with van der Waals surface area (Å²) in [4.78, 5) is 0. The molecule has 1 aliphatic rings. The molecule has 1 saturated heterocycles. The van der Waals surface area contributed by atoms with Gasteiger partial charge in [-0.25, -0.2) is 0 Å². The van der Waals surface area contributed by atoms with Crippen molar-refractivity contribution in [2.24, 2.45) is 0 Å². The monoisotopic (exact) mass is 189 g/mol. The number of hydrogen-bond donors (Lipinski definition) is 1. The molecule has 1 atom stereocenters. The van der Waals surface area contributed by atoms with Crippen molar-refractivity contribution < 1.29 is 14.2 Å². The summed E-state index contributed by atoms with van der Waals surface area (Å²) in [6, 6.07) is 0. The Morgan fingerprint density at radius 3 is 2.69 bits per heavy atom. The second-order valence-corrected chi connectivity index (χ2v) is 3.20. The van der Waals surface area contributed by atoms with Gasteiger partial charge >= 0.3 is 0 Å². The highest BCUT2D eigenvalue weighted by atomic mass is 16.7. The Balaban J connectivity index is 2.09. The molecule has 1 aliphatic heterocycles. The van der Waals surface area contributed by atoms with E-state index in [9.17, 15) is 0 Å². The van der Waals surface area contributed by atoms with Crippen molar-refractivity contribution >= 4 is 0 Å². The molecule has 0 aliphatic carbocycles. The van der Waals surface area contributed by atoms with Gasteiger partial charge in [-0.2, -0.15) is 0 Å². The lowest BCUT2D eigenvalue weighted by Gasteiger charge is -2.24. The van der Waals surface area contributed by atoms with Crippen LogP contribution in [-0.2, 0) is 14.2 Å². The van der Waals surface area contributed by atoms with Crippen molar-refractivity contribution in [1.82, 2.24) is 5.32 Å². The minimum Gasteiger partial charge on any atom is -0.372 e. The van der Waals surface area contributed by atoms with Crippen molar-refractivity contribution in [3.8, 4) is 0 Å². The van der Waals surface area contributed by atoms with Crippen molar-refractivity contribution in [2.45, 2.75) is 25.2 Å². The standard InChI is InChI=1S/C9H19NO3/c1-11-9(12-2)7-13-8-4-3-5-10-6-8/h8-10H,3-7H2,1-2H3.